The average Bonchev–Trinajstić information content (AvgIpc) is 2.54. The summed E-state index contributed by atoms with van der Waals surface area (Å²) in [4.78, 5) is 10.9. The minimum absolute atomic E-state index is 0.0703. The van der Waals surface area contributed by atoms with Gasteiger partial charge >= 0.3 is 5.97 Å². The van der Waals surface area contributed by atoms with E-state index in [2.05, 4.69) is 4.74 Å². The lowest BCUT2D eigenvalue weighted by atomic mass is 10.0. The molecule has 0 rings (SSSR count). The van der Waals surface area contributed by atoms with Gasteiger partial charge in [0.15, 0.2) is 0 Å². The second-order valence-electron chi connectivity index (χ2n) is 6.32. The third-order valence-electron chi connectivity index (χ3n) is 4.24. The zero-order valence-corrected chi connectivity index (χ0v) is 15.5. The van der Waals surface area contributed by atoms with E-state index < -0.39 is 0 Å². The van der Waals surface area contributed by atoms with Crippen LogP contribution in [0, 0.1) is 0 Å². The third-order valence-corrected chi connectivity index (χ3v) is 4.51. The molecule has 0 spiro atoms. The number of carbonyl (C=O) groups excluding carboxylic acids is 1. The van der Waals surface area contributed by atoms with Gasteiger partial charge in [-0.25, -0.2) is 0 Å². The first-order valence-corrected chi connectivity index (χ1v) is 9.97. The van der Waals surface area contributed by atoms with Crippen LogP contribution in [0.1, 0.15) is 103 Å². The molecular formula is C19H37ClO2. The van der Waals surface area contributed by atoms with Gasteiger partial charge in [-0.2, -0.15) is 0 Å². The predicted octanol–water partition coefficient (Wildman–Crippen LogP) is 6.64. The zero-order valence-electron chi connectivity index (χ0n) is 14.7. The van der Waals surface area contributed by atoms with Crippen molar-refractivity contribution < 1.29 is 9.53 Å². The molecule has 0 aromatic rings. The van der Waals surface area contributed by atoms with E-state index in [-0.39, 0.29) is 5.97 Å². The van der Waals surface area contributed by atoms with E-state index in [4.69, 9.17) is 11.6 Å². The van der Waals surface area contributed by atoms with Crippen molar-refractivity contribution in [2.75, 3.05) is 13.0 Å². The highest BCUT2D eigenvalue weighted by molar-refractivity contribution is 6.17. The fourth-order valence-corrected chi connectivity index (χ4v) is 2.95. The standard InChI is InChI=1S/C19H37ClO2/c1-22-19(21)17-15-13-11-9-7-5-3-2-4-6-8-10-12-14-16-18-20/h2-18H2,1H3. The molecule has 0 amide bonds. The zero-order chi connectivity index (χ0) is 16.3. The van der Waals surface area contributed by atoms with E-state index in [0.29, 0.717) is 6.42 Å². The number of hydrogen-bond acceptors (Lipinski definition) is 2. The van der Waals surface area contributed by atoms with Crippen molar-refractivity contribution in [2.24, 2.45) is 0 Å². The van der Waals surface area contributed by atoms with Crippen LogP contribution >= 0.6 is 11.6 Å². The second-order valence-corrected chi connectivity index (χ2v) is 6.70. The Labute approximate surface area is 143 Å². The Hall–Kier alpha value is -0.240. The SMILES string of the molecule is COC(=O)CCCCCCCCCCCCCCCCCCl. The molecular weight excluding hydrogens is 296 g/mol. The fourth-order valence-electron chi connectivity index (χ4n) is 2.76. The Bertz CT molecular complexity index is 231. The molecule has 0 aliphatic heterocycles. The van der Waals surface area contributed by atoms with E-state index in [0.717, 1.165) is 12.3 Å². The summed E-state index contributed by atoms with van der Waals surface area (Å²) in [7, 11) is 1.46. The predicted molar refractivity (Wildman–Crippen MR) is 96.6 cm³/mol. The van der Waals surface area contributed by atoms with Crippen LogP contribution in [0.4, 0.5) is 0 Å². The Morgan fingerprint density at radius 2 is 0.955 bits per heavy atom. The summed E-state index contributed by atoms with van der Waals surface area (Å²) in [6, 6.07) is 0. The number of alkyl halides is 1. The molecule has 2 nitrogen and oxygen atoms in total. The number of methoxy groups -OCH3 is 1. The van der Waals surface area contributed by atoms with Crippen LogP contribution < -0.4 is 0 Å². The summed E-state index contributed by atoms with van der Waals surface area (Å²) in [5.41, 5.74) is 0. The highest BCUT2D eigenvalue weighted by atomic mass is 35.5. The van der Waals surface area contributed by atoms with Crippen molar-refractivity contribution in [3.05, 3.63) is 0 Å². The number of esters is 1. The lowest BCUT2D eigenvalue weighted by Crippen LogP contribution is -1.99. The maximum atomic E-state index is 10.9. The quantitative estimate of drug-likeness (QED) is 0.169. The second kappa shape index (κ2) is 18.8. The fraction of sp³-hybridized carbons (Fsp3) is 0.947. The van der Waals surface area contributed by atoms with Crippen molar-refractivity contribution in [3.8, 4) is 0 Å². The lowest BCUT2D eigenvalue weighted by molar-refractivity contribution is -0.140. The number of rotatable bonds is 17. The number of hydrogen-bond donors (Lipinski definition) is 0. The van der Waals surface area contributed by atoms with Crippen molar-refractivity contribution in [3.63, 3.8) is 0 Å². The van der Waals surface area contributed by atoms with Crippen LogP contribution in [0.25, 0.3) is 0 Å². The van der Waals surface area contributed by atoms with Crippen LogP contribution in [0.15, 0.2) is 0 Å². The molecule has 0 aliphatic rings. The summed E-state index contributed by atoms with van der Waals surface area (Å²) in [5.74, 6) is 0.754. The number of halogens is 1. The highest BCUT2D eigenvalue weighted by Crippen LogP contribution is 2.13. The van der Waals surface area contributed by atoms with Gasteiger partial charge in [0.25, 0.3) is 0 Å². The topological polar surface area (TPSA) is 26.3 Å². The van der Waals surface area contributed by atoms with E-state index in [1.807, 2.05) is 0 Å². The minimum atomic E-state index is -0.0703. The van der Waals surface area contributed by atoms with Gasteiger partial charge in [0.2, 0.25) is 0 Å². The summed E-state index contributed by atoms with van der Waals surface area (Å²) < 4.78 is 4.63. The van der Waals surface area contributed by atoms with Gasteiger partial charge in [-0.1, -0.05) is 83.5 Å². The molecule has 0 N–H and O–H groups in total. The van der Waals surface area contributed by atoms with Crippen LogP contribution in [0.3, 0.4) is 0 Å². The molecule has 0 unspecified atom stereocenters. The van der Waals surface area contributed by atoms with Crippen LogP contribution in [0.5, 0.6) is 0 Å². The Morgan fingerprint density at radius 1 is 0.636 bits per heavy atom. The molecule has 0 saturated heterocycles. The van der Waals surface area contributed by atoms with Gasteiger partial charge in [0.1, 0.15) is 0 Å². The summed E-state index contributed by atoms with van der Waals surface area (Å²) in [5, 5.41) is 0. The monoisotopic (exact) mass is 332 g/mol. The highest BCUT2D eigenvalue weighted by Gasteiger charge is 1.99. The van der Waals surface area contributed by atoms with Gasteiger partial charge in [-0.05, 0) is 12.8 Å². The molecule has 0 fully saturated rings. The molecule has 0 radical (unpaired) electrons. The summed E-state index contributed by atoms with van der Waals surface area (Å²) in [6.45, 7) is 0. The Balaban J connectivity index is 2.98. The molecule has 0 atom stereocenters. The molecule has 3 heteroatoms. The van der Waals surface area contributed by atoms with Crippen molar-refractivity contribution in [1.82, 2.24) is 0 Å². The molecule has 0 bridgehead atoms. The van der Waals surface area contributed by atoms with Crippen LogP contribution in [-0.4, -0.2) is 19.0 Å². The smallest absolute Gasteiger partial charge is 0.305 e. The van der Waals surface area contributed by atoms with Gasteiger partial charge in [0, 0.05) is 12.3 Å². The lowest BCUT2D eigenvalue weighted by Gasteiger charge is -2.03. The largest absolute Gasteiger partial charge is 0.469 e. The molecule has 22 heavy (non-hydrogen) atoms. The van der Waals surface area contributed by atoms with Gasteiger partial charge in [-0.15, -0.1) is 11.6 Å². The molecule has 0 heterocycles. The summed E-state index contributed by atoms with van der Waals surface area (Å²) in [6.07, 6.45) is 20.3. The van der Waals surface area contributed by atoms with Crippen molar-refractivity contribution in [2.45, 2.75) is 103 Å². The Morgan fingerprint density at radius 3 is 1.27 bits per heavy atom. The first kappa shape index (κ1) is 21.8. The van der Waals surface area contributed by atoms with Gasteiger partial charge in [0.05, 0.1) is 7.11 Å². The minimum Gasteiger partial charge on any atom is -0.469 e. The number of ether oxygens (including phenoxy) is 1. The number of unbranched alkanes of at least 4 members (excludes halogenated alkanes) is 14. The molecule has 132 valence electrons. The van der Waals surface area contributed by atoms with E-state index in [9.17, 15) is 4.79 Å². The van der Waals surface area contributed by atoms with Crippen molar-refractivity contribution >= 4 is 17.6 Å². The molecule has 0 saturated carbocycles. The van der Waals surface area contributed by atoms with E-state index in [1.54, 1.807) is 0 Å². The average molecular weight is 333 g/mol. The van der Waals surface area contributed by atoms with E-state index in [1.165, 1.54) is 97.0 Å². The summed E-state index contributed by atoms with van der Waals surface area (Å²) >= 11 is 5.66. The van der Waals surface area contributed by atoms with Gasteiger partial charge < -0.3 is 4.74 Å². The maximum Gasteiger partial charge on any atom is 0.305 e. The van der Waals surface area contributed by atoms with Crippen LogP contribution in [-0.2, 0) is 9.53 Å². The third kappa shape index (κ3) is 17.8. The van der Waals surface area contributed by atoms with Gasteiger partial charge in [-0.3, -0.25) is 4.79 Å². The first-order valence-electron chi connectivity index (χ1n) is 9.44. The normalized spacial score (nSPS) is 10.8. The van der Waals surface area contributed by atoms with E-state index >= 15 is 0 Å². The van der Waals surface area contributed by atoms with Crippen molar-refractivity contribution in [1.29, 1.82) is 0 Å². The number of carbonyl (C=O) groups is 1. The first-order chi connectivity index (χ1) is 10.8. The molecule has 0 aromatic heterocycles. The molecule has 0 aromatic carbocycles. The molecule has 0 aliphatic carbocycles. The van der Waals surface area contributed by atoms with Crippen LogP contribution in [0.2, 0.25) is 0 Å². The maximum absolute atomic E-state index is 10.9. The Kier molecular flexibility index (Phi) is 18.6.